The molecule has 272 valence electrons. The highest BCUT2D eigenvalue weighted by Gasteiger charge is 2.60. The van der Waals surface area contributed by atoms with Crippen molar-refractivity contribution < 1.29 is 43.0 Å². The van der Waals surface area contributed by atoms with E-state index in [2.05, 4.69) is 14.9 Å². The molecule has 3 saturated heterocycles. The SMILES string of the molecule is COc1nc(-c2cc(O)cc3cccc(F)c23)c(F)c2nc(OCC34CCCN(C5CCOCC5)C3(O)CCC4)nc(N3CCOCC(O)C3)c12. The normalized spacial score (nSPS) is 26.4. The van der Waals surface area contributed by atoms with Crippen molar-refractivity contribution in [2.75, 3.05) is 64.7 Å². The fourth-order valence-corrected chi connectivity index (χ4v) is 8.89. The number of anilines is 1. The molecule has 4 fully saturated rings. The van der Waals surface area contributed by atoms with Crippen LogP contribution in [0.1, 0.15) is 44.9 Å². The molecule has 14 heteroatoms. The Kier molecular flexibility index (Phi) is 9.07. The number of benzene rings is 2. The van der Waals surface area contributed by atoms with Gasteiger partial charge < -0.3 is 39.2 Å². The number of likely N-dealkylation sites (tertiary alicyclic amines) is 1. The minimum absolute atomic E-state index is 0.0207. The minimum Gasteiger partial charge on any atom is -0.508 e. The van der Waals surface area contributed by atoms with E-state index in [0.717, 1.165) is 45.1 Å². The molecule has 0 amide bonds. The summed E-state index contributed by atoms with van der Waals surface area (Å²) in [4.78, 5) is 17.9. The van der Waals surface area contributed by atoms with Crippen LogP contribution < -0.4 is 14.4 Å². The van der Waals surface area contributed by atoms with Gasteiger partial charge in [-0.15, -0.1) is 0 Å². The Morgan fingerprint density at radius 1 is 0.980 bits per heavy atom. The monoisotopic (exact) mass is 707 g/mol. The van der Waals surface area contributed by atoms with Gasteiger partial charge in [0.25, 0.3) is 0 Å². The number of fused-ring (bicyclic) bond motifs is 3. The van der Waals surface area contributed by atoms with Gasteiger partial charge in [0, 0.05) is 55.3 Å². The summed E-state index contributed by atoms with van der Waals surface area (Å²) in [6.45, 7) is 3.09. The molecule has 3 N–H and O–H groups in total. The number of aromatic hydroxyl groups is 1. The first-order chi connectivity index (χ1) is 24.7. The summed E-state index contributed by atoms with van der Waals surface area (Å²) in [6.07, 6.45) is 4.74. The number of aliphatic hydroxyl groups excluding tert-OH is 1. The van der Waals surface area contributed by atoms with Crippen LogP contribution in [0.25, 0.3) is 32.9 Å². The molecule has 1 saturated carbocycles. The number of phenolic OH excluding ortho intramolecular Hbond substituents is 1. The number of methoxy groups -OCH3 is 1. The van der Waals surface area contributed by atoms with E-state index < -0.39 is 28.9 Å². The highest BCUT2D eigenvalue weighted by Crippen LogP contribution is 2.55. The largest absolute Gasteiger partial charge is 0.508 e. The fraction of sp³-hybridized carbons (Fsp3) is 0.541. The molecule has 2 aromatic heterocycles. The number of hydrogen-bond donors (Lipinski definition) is 3. The van der Waals surface area contributed by atoms with E-state index in [1.807, 2.05) is 0 Å². The van der Waals surface area contributed by atoms with Crippen LogP contribution in [-0.4, -0.2) is 113 Å². The second-order valence-corrected chi connectivity index (χ2v) is 14.2. The second kappa shape index (κ2) is 13.6. The lowest BCUT2D eigenvalue weighted by Gasteiger charge is -2.55. The predicted octanol–water partition coefficient (Wildman–Crippen LogP) is 4.55. The number of aromatic nitrogens is 3. The van der Waals surface area contributed by atoms with Crippen molar-refractivity contribution >= 4 is 27.5 Å². The van der Waals surface area contributed by atoms with Gasteiger partial charge in [-0.1, -0.05) is 12.1 Å². The molecule has 0 radical (unpaired) electrons. The Morgan fingerprint density at radius 2 is 1.80 bits per heavy atom. The van der Waals surface area contributed by atoms with Crippen LogP contribution in [-0.2, 0) is 9.47 Å². The number of halogens is 2. The number of rotatable bonds is 7. The molecule has 51 heavy (non-hydrogen) atoms. The Balaban J connectivity index is 1.25. The minimum atomic E-state index is -1.08. The highest BCUT2D eigenvalue weighted by molar-refractivity contribution is 6.02. The third-order valence-corrected chi connectivity index (χ3v) is 11.3. The lowest BCUT2D eigenvalue weighted by molar-refractivity contribution is -0.230. The van der Waals surface area contributed by atoms with Crippen LogP contribution in [0.5, 0.6) is 17.6 Å². The number of phenols is 1. The molecule has 3 unspecified atom stereocenters. The Morgan fingerprint density at radius 3 is 2.63 bits per heavy atom. The molecule has 4 aromatic rings. The molecule has 0 bridgehead atoms. The summed E-state index contributed by atoms with van der Waals surface area (Å²) in [6, 6.07) is 7.15. The average Bonchev–Trinajstić information content (AvgIpc) is 3.33. The van der Waals surface area contributed by atoms with Gasteiger partial charge in [-0.2, -0.15) is 9.97 Å². The van der Waals surface area contributed by atoms with Crippen molar-refractivity contribution in [1.82, 2.24) is 19.9 Å². The molecule has 3 aliphatic heterocycles. The summed E-state index contributed by atoms with van der Waals surface area (Å²) in [5.41, 5.74) is -2.11. The first kappa shape index (κ1) is 34.2. The van der Waals surface area contributed by atoms with Crippen molar-refractivity contribution in [1.29, 1.82) is 0 Å². The maximum Gasteiger partial charge on any atom is 0.319 e. The van der Waals surface area contributed by atoms with Gasteiger partial charge in [-0.05, 0) is 68.5 Å². The maximum absolute atomic E-state index is 17.1. The number of hydrogen-bond acceptors (Lipinski definition) is 12. The number of aliphatic hydroxyl groups is 2. The Bertz CT molecular complexity index is 1950. The zero-order valence-electron chi connectivity index (χ0n) is 28.6. The van der Waals surface area contributed by atoms with Crippen molar-refractivity contribution in [2.45, 2.75) is 62.8 Å². The molecule has 0 spiro atoms. The molecule has 3 atom stereocenters. The molecule has 5 heterocycles. The maximum atomic E-state index is 17.1. The summed E-state index contributed by atoms with van der Waals surface area (Å²) in [7, 11) is 1.38. The lowest BCUT2D eigenvalue weighted by atomic mass is 9.72. The van der Waals surface area contributed by atoms with Crippen molar-refractivity contribution in [3.8, 4) is 28.9 Å². The molecule has 4 aliphatic rings. The molecule has 1 aliphatic carbocycles. The Hall–Kier alpha value is -3.95. The van der Waals surface area contributed by atoms with E-state index >= 15 is 8.78 Å². The third kappa shape index (κ3) is 5.90. The zero-order chi connectivity index (χ0) is 35.3. The summed E-state index contributed by atoms with van der Waals surface area (Å²) >= 11 is 0. The smallest absolute Gasteiger partial charge is 0.319 e. The number of β-amino-alcohol motifs (C(OH)–C–C–N with tert-alkyl or cyclic N) is 1. The van der Waals surface area contributed by atoms with Crippen LogP contribution in [0.4, 0.5) is 14.6 Å². The average molecular weight is 708 g/mol. The predicted molar refractivity (Wildman–Crippen MR) is 184 cm³/mol. The number of pyridine rings is 1. The van der Waals surface area contributed by atoms with Crippen LogP contribution >= 0.6 is 0 Å². The van der Waals surface area contributed by atoms with Crippen LogP contribution in [0.15, 0.2) is 30.3 Å². The van der Waals surface area contributed by atoms with Gasteiger partial charge >= 0.3 is 6.01 Å². The number of nitrogens with zero attached hydrogens (tertiary/aromatic N) is 5. The summed E-state index contributed by atoms with van der Waals surface area (Å²) in [5, 5.41) is 34.2. The first-order valence-electron chi connectivity index (χ1n) is 17.8. The van der Waals surface area contributed by atoms with Gasteiger partial charge in [0.15, 0.2) is 5.82 Å². The van der Waals surface area contributed by atoms with E-state index in [1.54, 1.807) is 11.0 Å². The lowest BCUT2D eigenvalue weighted by Crippen LogP contribution is -2.65. The van der Waals surface area contributed by atoms with E-state index in [0.29, 0.717) is 31.6 Å². The van der Waals surface area contributed by atoms with E-state index in [4.69, 9.17) is 23.9 Å². The topological polar surface area (TPSA) is 143 Å². The Labute approximate surface area is 293 Å². The number of ether oxygens (including phenoxy) is 4. The second-order valence-electron chi connectivity index (χ2n) is 14.2. The zero-order valence-corrected chi connectivity index (χ0v) is 28.6. The van der Waals surface area contributed by atoms with Crippen molar-refractivity contribution in [3.05, 3.63) is 42.0 Å². The summed E-state index contributed by atoms with van der Waals surface area (Å²) in [5.74, 6) is -1.49. The number of piperidine rings is 1. The van der Waals surface area contributed by atoms with Gasteiger partial charge in [-0.3, -0.25) is 4.90 Å². The molecular formula is C37H43F2N5O7. The fourth-order valence-electron chi connectivity index (χ4n) is 8.89. The first-order valence-corrected chi connectivity index (χ1v) is 17.8. The van der Waals surface area contributed by atoms with Crippen molar-refractivity contribution in [3.63, 3.8) is 0 Å². The van der Waals surface area contributed by atoms with Crippen LogP contribution in [0.2, 0.25) is 0 Å². The van der Waals surface area contributed by atoms with Gasteiger partial charge in [0.1, 0.15) is 46.3 Å². The molecule has 8 rings (SSSR count). The third-order valence-electron chi connectivity index (χ3n) is 11.3. The van der Waals surface area contributed by atoms with Crippen molar-refractivity contribution in [2.24, 2.45) is 5.41 Å². The standard InChI is InChI=1S/C37H43F2N5O7/c1-48-34-29-32(30(39)31(40-34)26-18-24(45)17-22-5-2-6-27(38)28(22)26)41-35(42-33(29)43-13-16-50-20-25(46)19-43)51-21-36-9-3-11-37(36,47)44(12-4-10-36)23-7-14-49-15-8-23/h2,5-6,17-18,23,25,45-47H,3-4,7-16,19-21H2,1H3. The molecular weight excluding hydrogens is 664 g/mol. The van der Waals surface area contributed by atoms with Crippen LogP contribution in [0, 0.1) is 17.0 Å². The van der Waals surface area contributed by atoms with Gasteiger partial charge in [0.2, 0.25) is 5.88 Å². The van der Waals surface area contributed by atoms with E-state index in [9.17, 15) is 15.3 Å². The molecule has 2 aromatic carbocycles. The van der Waals surface area contributed by atoms with Gasteiger partial charge in [-0.25, -0.2) is 13.8 Å². The summed E-state index contributed by atoms with van der Waals surface area (Å²) < 4.78 is 55.7. The molecule has 12 nitrogen and oxygen atoms in total. The quantitative estimate of drug-likeness (QED) is 0.248. The highest BCUT2D eigenvalue weighted by atomic mass is 19.1. The van der Waals surface area contributed by atoms with E-state index in [-0.39, 0.29) is 83.4 Å². The van der Waals surface area contributed by atoms with E-state index in [1.165, 1.54) is 31.4 Å². The van der Waals surface area contributed by atoms with Crippen LogP contribution in [0.3, 0.4) is 0 Å². The van der Waals surface area contributed by atoms with Gasteiger partial charge in [0.05, 0.1) is 26.4 Å².